The van der Waals surface area contributed by atoms with Gasteiger partial charge >= 0.3 is 0 Å². The Morgan fingerprint density at radius 1 is 1.08 bits per heavy atom. The molecule has 3 aromatic rings. The van der Waals surface area contributed by atoms with Crippen molar-refractivity contribution in [2.24, 2.45) is 10.7 Å². The number of hydrogen-bond donors (Lipinski definition) is 2. The van der Waals surface area contributed by atoms with Gasteiger partial charge in [0.1, 0.15) is 6.61 Å². The first-order valence-corrected chi connectivity index (χ1v) is 8.44. The zero-order valence-corrected chi connectivity index (χ0v) is 13.9. The second-order valence-electron chi connectivity index (χ2n) is 6.17. The summed E-state index contributed by atoms with van der Waals surface area (Å²) in [7, 11) is 0. The molecule has 2 heterocycles. The number of hydrogen-bond acceptors (Lipinski definition) is 5. The van der Waals surface area contributed by atoms with E-state index < -0.39 is 0 Å². The van der Waals surface area contributed by atoms with Crippen LogP contribution in [0, 0.1) is 0 Å². The number of aryl methyl sites for hydroxylation is 1. The number of benzene rings is 2. The van der Waals surface area contributed by atoms with Crippen molar-refractivity contribution in [3.63, 3.8) is 0 Å². The smallest absolute Gasteiger partial charge is 0.282 e. The Labute approximate surface area is 146 Å². The van der Waals surface area contributed by atoms with Gasteiger partial charge in [-0.05, 0) is 42.7 Å². The molecule has 5 nitrogen and oxygen atoms in total. The Hall–Kier alpha value is -3.08. The Kier molecular flexibility index (Phi) is 4.21. The van der Waals surface area contributed by atoms with Gasteiger partial charge in [0.15, 0.2) is 0 Å². The van der Waals surface area contributed by atoms with Crippen molar-refractivity contribution in [3.8, 4) is 0 Å². The molecule has 4 rings (SSSR count). The van der Waals surface area contributed by atoms with E-state index in [9.17, 15) is 0 Å². The average Bonchev–Trinajstić information content (AvgIpc) is 3.07. The number of nitrogens with one attached hydrogen (secondary N) is 1. The Bertz CT molecular complexity index is 900. The first kappa shape index (κ1) is 15.4. The van der Waals surface area contributed by atoms with E-state index in [1.165, 1.54) is 5.56 Å². The minimum absolute atomic E-state index is 0.180. The van der Waals surface area contributed by atoms with Crippen molar-refractivity contribution in [3.05, 3.63) is 66.4 Å². The summed E-state index contributed by atoms with van der Waals surface area (Å²) in [6.45, 7) is 0.597. The van der Waals surface area contributed by atoms with E-state index in [-0.39, 0.29) is 6.04 Å². The maximum atomic E-state index is 5.54. The van der Waals surface area contributed by atoms with Crippen LogP contribution >= 0.6 is 0 Å². The summed E-state index contributed by atoms with van der Waals surface area (Å²) in [5.74, 6) is 0. The second-order valence-corrected chi connectivity index (χ2v) is 6.17. The van der Waals surface area contributed by atoms with Crippen LogP contribution in [0.4, 0.5) is 11.4 Å². The van der Waals surface area contributed by atoms with Crippen LogP contribution < -0.4 is 11.1 Å². The fourth-order valence-electron chi connectivity index (χ4n) is 3.03. The highest BCUT2D eigenvalue weighted by Gasteiger charge is 2.16. The number of rotatable bonds is 5. The van der Waals surface area contributed by atoms with Gasteiger partial charge in [0, 0.05) is 17.3 Å². The predicted molar refractivity (Wildman–Crippen MR) is 101 cm³/mol. The Morgan fingerprint density at radius 2 is 1.92 bits per heavy atom. The van der Waals surface area contributed by atoms with Crippen LogP contribution in [0.15, 0.2) is 65.8 Å². The SMILES string of the molecule is NC1=NC(CCc2ccc(Nc3cccc4cccnc34)cc2)CO1. The van der Waals surface area contributed by atoms with E-state index in [4.69, 9.17) is 10.5 Å². The van der Waals surface area contributed by atoms with E-state index in [1.807, 2.05) is 24.4 Å². The van der Waals surface area contributed by atoms with Gasteiger partial charge in [-0.15, -0.1) is 0 Å². The molecule has 5 heteroatoms. The number of nitrogens with zero attached hydrogens (tertiary/aromatic N) is 2. The van der Waals surface area contributed by atoms with Gasteiger partial charge in [0.05, 0.1) is 17.2 Å². The van der Waals surface area contributed by atoms with Gasteiger partial charge < -0.3 is 15.8 Å². The third-order valence-electron chi connectivity index (χ3n) is 4.37. The maximum Gasteiger partial charge on any atom is 0.282 e. The van der Waals surface area contributed by atoms with Gasteiger partial charge in [0.25, 0.3) is 6.02 Å². The molecule has 0 bridgehead atoms. The fourth-order valence-corrected chi connectivity index (χ4v) is 3.03. The molecule has 0 aliphatic carbocycles. The summed E-state index contributed by atoms with van der Waals surface area (Å²) in [4.78, 5) is 8.74. The maximum absolute atomic E-state index is 5.54. The molecule has 0 radical (unpaired) electrons. The molecule has 3 N–H and O–H groups in total. The van der Waals surface area contributed by atoms with Gasteiger partial charge in [-0.25, -0.2) is 4.99 Å². The predicted octanol–water partition coefficient (Wildman–Crippen LogP) is 3.62. The number of ether oxygens (including phenoxy) is 1. The third kappa shape index (κ3) is 3.55. The lowest BCUT2D eigenvalue weighted by atomic mass is 10.1. The second kappa shape index (κ2) is 6.81. The molecule has 1 aromatic heterocycles. The first-order chi connectivity index (χ1) is 12.3. The van der Waals surface area contributed by atoms with Crippen LogP contribution in [0.1, 0.15) is 12.0 Å². The van der Waals surface area contributed by atoms with Gasteiger partial charge in [-0.2, -0.15) is 0 Å². The van der Waals surface area contributed by atoms with Crippen molar-refractivity contribution in [2.45, 2.75) is 18.9 Å². The minimum Gasteiger partial charge on any atom is -0.463 e. The zero-order chi connectivity index (χ0) is 17.1. The summed E-state index contributed by atoms with van der Waals surface area (Å²) in [6, 6.07) is 19.1. The average molecular weight is 332 g/mol. The molecule has 1 atom stereocenters. The van der Waals surface area contributed by atoms with Crippen molar-refractivity contribution in [2.75, 3.05) is 11.9 Å². The van der Waals surface area contributed by atoms with Crippen LogP contribution in [-0.2, 0) is 11.2 Å². The van der Waals surface area contributed by atoms with Crippen LogP contribution in [0.3, 0.4) is 0 Å². The standard InChI is InChI=1S/C20H20N4O/c21-20-24-17(13-25-20)11-8-14-6-9-16(10-7-14)23-18-5-1-3-15-4-2-12-22-19(15)18/h1-7,9-10,12,17,23H,8,11,13H2,(H2,21,24). The molecule has 0 saturated heterocycles. The topological polar surface area (TPSA) is 72.5 Å². The quantitative estimate of drug-likeness (QED) is 0.748. The van der Waals surface area contributed by atoms with Crippen LogP contribution in [-0.4, -0.2) is 23.7 Å². The molecule has 126 valence electrons. The fraction of sp³-hybridized carbons (Fsp3) is 0.200. The molecule has 0 saturated carbocycles. The lowest BCUT2D eigenvalue weighted by molar-refractivity contribution is 0.308. The Balaban J connectivity index is 1.43. The summed E-state index contributed by atoms with van der Waals surface area (Å²) in [5, 5.41) is 4.58. The van der Waals surface area contributed by atoms with Crippen molar-refractivity contribution < 1.29 is 4.74 Å². The highest BCUT2D eigenvalue weighted by atomic mass is 16.5. The summed E-state index contributed by atoms with van der Waals surface area (Å²) in [6.07, 6.45) is 3.72. The number of para-hydroxylation sites is 1. The van der Waals surface area contributed by atoms with E-state index in [0.717, 1.165) is 35.1 Å². The number of amidine groups is 1. The summed E-state index contributed by atoms with van der Waals surface area (Å²) in [5.41, 5.74) is 9.86. The zero-order valence-electron chi connectivity index (χ0n) is 13.9. The van der Waals surface area contributed by atoms with Crippen molar-refractivity contribution in [1.29, 1.82) is 0 Å². The van der Waals surface area contributed by atoms with Crippen molar-refractivity contribution in [1.82, 2.24) is 4.98 Å². The van der Waals surface area contributed by atoms with E-state index in [1.54, 1.807) is 0 Å². The lowest BCUT2D eigenvalue weighted by Gasteiger charge is -2.10. The van der Waals surface area contributed by atoms with Crippen molar-refractivity contribution >= 4 is 28.3 Å². The highest BCUT2D eigenvalue weighted by molar-refractivity contribution is 5.91. The molecule has 0 fully saturated rings. The monoisotopic (exact) mass is 332 g/mol. The number of fused-ring (bicyclic) bond motifs is 1. The van der Waals surface area contributed by atoms with Crippen LogP contribution in [0.5, 0.6) is 0 Å². The molecular formula is C20H20N4O. The lowest BCUT2D eigenvalue weighted by Crippen LogP contribution is -2.10. The molecule has 2 aromatic carbocycles. The minimum atomic E-state index is 0.180. The van der Waals surface area contributed by atoms with Gasteiger partial charge in [-0.3, -0.25) is 4.98 Å². The molecule has 1 aliphatic rings. The van der Waals surface area contributed by atoms with E-state index in [0.29, 0.717) is 12.6 Å². The molecule has 0 amide bonds. The number of aliphatic imine (C=N–C) groups is 1. The molecule has 25 heavy (non-hydrogen) atoms. The Morgan fingerprint density at radius 3 is 2.72 bits per heavy atom. The molecule has 0 spiro atoms. The number of pyridine rings is 1. The summed E-state index contributed by atoms with van der Waals surface area (Å²) < 4.78 is 5.19. The largest absolute Gasteiger partial charge is 0.463 e. The number of nitrogens with two attached hydrogens (primary N) is 1. The molecular weight excluding hydrogens is 312 g/mol. The van der Waals surface area contributed by atoms with Crippen LogP contribution in [0.2, 0.25) is 0 Å². The first-order valence-electron chi connectivity index (χ1n) is 8.44. The third-order valence-corrected chi connectivity index (χ3v) is 4.37. The molecule has 1 aliphatic heterocycles. The number of aromatic nitrogens is 1. The normalized spacial score (nSPS) is 16.5. The summed E-state index contributed by atoms with van der Waals surface area (Å²) >= 11 is 0. The van der Waals surface area contributed by atoms with Crippen LogP contribution in [0.25, 0.3) is 10.9 Å². The highest BCUT2D eigenvalue weighted by Crippen LogP contribution is 2.25. The number of anilines is 2. The van der Waals surface area contributed by atoms with Gasteiger partial charge in [0.2, 0.25) is 0 Å². The molecule has 1 unspecified atom stereocenters. The van der Waals surface area contributed by atoms with Gasteiger partial charge in [-0.1, -0.05) is 30.3 Å². The van der Waals surface area contributed by atoms with E-state index >= 15 is 0 Å². The van der Waals surface area contributed by atoms with E-state index in [2.05, 4.69) is 51.7 Å².